The number of aromatic hydroxyl groups is 3. The lowest BCUT2D eigenvalue weighted by atomic mass is 10.1. The monoisotopic (exact) mass is 808 g/mol. The Labute approximate surface area is 340 Å². The Morgan fingerprint density at radius 1 is 0.729 bits per heavy atom. The molecule has 308 valence electrons. The van der Waals surface area contributed by atoms with Crippen LogP contribution >= 0.6 is 0 Å². The van der Waals surface area contributed by atoms with Gasteiger partial charge < -0.3 is 44.4 Å². The summed E-state index contributed by atoms with van der Waals surface area (Å²) in [6.45, 7) is 2.32. The molecule has 2 aromatic heterocycles. The summed E-state index contributed by atoms with van der Waals surface area (Å²) in [5.74, 6) is -0.676. The van der Waals surface area contributed by atoms with Crippen molar-refractivity contribution in [3.63, 3.8) is 0 Å². The second-order valence-corrected chi connectivity index (χ2v) is 12.9. The number of phenolic OH excluding ortho intramolecular Hbond substituents is 3. The van der Waals surface area contributed by atoms with Crippen molar-refractivity contribution in [2.45, 2.75) is 37.8 Å². The highest BCUT2D eigenvalue weighted by Crippen LogP contribution is 2.27. The van der Waals surface area contributed by atoms with Crippen LogP contribution in [0.2, 0.25) is 0 Å². The van der Waals surface area contributed by atoms with E-state index < -0.39 is 0 Å². The smallest absolute Gasteiger partial charge is 0.256 e. The molecule has 4 aromatic rings. The first-order valence-corrected chi connectivity index (χ1v) is 18.5. The number of hydrogen-bond acceptors (Lipinski definition) is 15. The fourth-order valence-electron chi connectivity index (χ4n) is 6.08. The van der Waals surface area contributed by atoms with Crippen molar-refractivity contribution in [2.75, 3.05) is 52.7 Å². The van der Waals surface area contributed by atoms with Crippen LogP contribution < -0.4 is 4.74 Å². The molecule has 2 amide bonds. The predicted octanol–water partition coefficient (Wildman–Crippen LogP) is 3.26. The van der Waals surface area contributed by atoms with Crippen LogP contribution in [0.15, 0.2) is 73.1 Å². The molecule has 0 saturated carbocycles. The van der Waals surface area contributed by atoms with Crippen molar-refractivity contribution in [3.05, 3.63) is 107 Å². The van der Waals surface area contributed by atoms with Gasteiger partial charge in [-0.2, -0.15) is 10.5 Å². The molecule has 2 aromatic carbocycles. The van der Waals surface area contributed by atoms with Crippen LogP contribution in [0.25, 0.3) is 0 Å². The van der Waals surface area contributed by atoms with E-state index in [4.69, 9.17) is 34.9 Å². The Balaban J connectivity index is 0.000000220. The molecule has 17 nitrogen and oxygen atoms in total. The molecule has 0 spiro atoms. The van der Waals surface area contributed by atoms with Gasteiger partial charge in [-0.25, -0.2) is 0 Å². The molecule has 0 unspecified atom stereocenters. The van der Waals surface area contributed by atoms with Gasteiger partial charge in [0, 0.05) is 51.2 Å². The number of rotatable bonds is 12. The fraction of sp³-hybridized carbons (Fsp3) is 0.333. The summed E-state index contributed by atoms with van der Waals surface area (Å²) in [4.78, 5) is 58.9. The number of morpholine rings is 2. The summed E-state index contributed by atoms with van der Waals surface area (Å²) in [5.41, 5.74) is 2.17. The molecule has 2 saturated heterocycles. The third kappa shape index (κ3) is 12.3. The number of pyridine rings is 2. The fourth-order valence-corrected chi connectivity index (χ4v) is 6.08. The molecule has 2 fully saturated rings. The van der Waals surface area contributed by atoms with Crippen LogP contribution in [0, 0.1) is 22.7 Å². The highest BCUT2D eigenvalue weighted by molar-refractivity contribution is 5.96. The number of aliphatic hydroxyl groups excluding tert-OH is 1. The van der Waals surface area contributed by atoms with Crippen LogP contribution in [-0.2, 0) is 22.3 Å². The van der Waals surface area contributed by atoms with E-state index in [0.717, 1.165) is 0 Å². The molecular weight excluding hydrogens is 764 g/mol. The zero-order valence-corrected chi connectivity index (χ0v) is 32.1. The van der Waals surface area contributed by atoms with E-state index >= 15 is 0 Å². The van der Waals surface area contributed by atoms with Crippen LogP contribution in [0.3, 0.4) is 0 Å². The third-order valence-corrected chi connectivity index (χ3v) is 9.15. The van der Waals surface area contributed by atoms with Crippen molar-refractivity contribution < 1.29 is 53.8 Å². The van der Waals surface area contributed by atoms with Gasteiger partial charge in [0.25, 0.3) is 11.8 Å². The van der Waals surface area contributed by atoms with E-state index in [0.29, 0.717) is 87.3 Å². The minimum Gasteiger partial charge on any atom is -0.507 e. The molecule has 4 heterocycles. The highest BCUT2D eigenvalue weighted by atomic mass is 16.5. The van der Waals surface area contributed by atoms with Crippen molar-refractivity contribution in [1.82, 2.24) is 19.8 Å². The number of benzene rings is 2. The second kappa shape index (κ2) is 23.3. The maximum Gasteiger partial charge on any atom is 0.256 e. The number of aromatic nitrogens is 2. The van der Waals surface area contributed by atoms with Crippen LogP contribution in [0.4, 0.5) is 0 Å². The Kier molecular flexibility index (Phi) is 17.7. The van der Waals surface area contributed by atoms with Crippen molar-refractivity contribution in [3.8, 4) is 35.1 Å². The van der Waals surface area contributed by atoms with E-state index in [-0.39, 0.29) is 84.3 Å². The molecule has 0 aliphatic carbocycles. The summed E-state index contributed by atoms with van der Waals surface area (Å²) >= 11 is 0. The number of phenols is 3. The van der Waals surface area contributed by atoms with Gasteiger partial charge in [0.15, 0.2) is 12.6 Å². The van der Waals surface area contributed by atoms with Gasteiger partial charge in [-0.3, -0.25) is 29.1 Å². The number of nitrogens with zero attached hydrogens (tertiary/aromatic N) is 6. The van der Waals surface area contributed by atoms with E-state index in [1.165, 1.54) is 24.3 Å². The Morgan fingerprint density at radius 2 is 1.20 bits per heavy atom. The minimum absolute atomic E-state index is 0.0631. The SMILES string of the molecule is N#CCCc1ncccc1C(=O)N1CCOC[C@H]1CO.N#CCCc1ncccc1C(=O)N1CCOC[C@H]1COc1cccc(O)c1C=O.O=Cc1c(O)cccc1O. The molecule has 2 aliphatic heterocycles. The molecule has 2 atom stereocenters. The minimum atomic E-state index is -0.373. The molecule has 0 bridgehead atoms. The number of amides is 2. The zero-order valence-electron chi connectivity index (χ0n) is 32.1. The molecular formula is C42H44N6O11. The molecule has 17 heteroatoms. The van der Waals surface area contributed by atoms with Gasteiger partial charge in [0.1, 0.15) is 29.6 Å². The normalized spacial score (nSPS) is 15.8. The van der Waals surface area contributed by atoms with Crippen LogP contribution in [0.5, 0.6) is 23.0 Å². The maximum atomic E-state index is 13.2. The molecule has 0 radical (unpaired) electrons. The van der Waals surface area contributed by atoms with Crippen molar-refractivity contribution >= 4 is 24.4 Å². The number of aldehydes is 2. The molecule has 4 N–H and O–H groups in total. The van der Waals surface area contributed by atoms with E-state index in [9.17, 15) is 29.4 Å². The number of nitriles is 2. The van der Waals surface area contributed by atoms with Gasteiger partial charge in [0.2, 0.25) is 0 Å². The lowest BCUT2D eigenvalue weighted by molar-refractivity contribution is -0.0184. The first-order chi connectivity index (χ1) is 28.7. The number of ether oxygens (including phenoxy) is 3. The summed E-state index contributed by atoms with van der Waals surface area (Å²) in [7, 11) is 0. The summed E-state index contributed by atoms with van der Waals surface area (Å²) < 4.78 is 16.5. The zero-order chi connectivity index (χ0) is 42.6. The van der Waals surface area contributed by atoms with Gasteiger partial charge in [0.05, 0.1) is 90.9 Å². The second-order valence-electron chi connectivity index (χ2n) is 12.9. The summed E-state index contributed by atoms with van der Waals surface area (Å²) in [6, 6.07) is 18.9. The Morgan fingerprint density at radius 3 is 1.68 bits per heavy atom. The average Bonchev–Trinajstić information content (AvgIpc) is 3.27. The molecule has 59 heavy (non-hydrogen) atoms. The topological polar surface area (TPSA) is 257 Å². The van der Waals surface area contributed by atoms with E-state index in [1.807, 2.05) is 0 Å². The third-order valence-electron chi connectivity index (χ3n) is 9.15. The van der Waals surface area contributed by atoms with Gasteiger partial charge in [-0.1, -0.05) is 12.1 Å². The van der Waals surface area contributed by atoms with Gasteiger partial charge in [-0.05, 0) is 48.5 Å². The highest BCUT2D eigenvalue weighted by Gasteiger charge is 2.31. The van der Waals surface area contributed by atoms with Crippen molar-refractivity contribution in [1.29, 1.82) is 10.5 Å². The first kappa shape index (κ1) is 44.8. The van der Waals surface area contributed by atoms with Crippen LogP contribution in [0.1, 0.15) is 65.7 Å². The van der Waals surface area contributed by atoms with E-state index in [2.05, 4.69) is 22.1 Å². The van der Waals surface area contributed by atoms with Crippen molar-refractivity contribution in [2.24, 2.45) is 0 Å². The van der Waals surface area contributed by atoms with Gasteiger partial charge in [-0.15, -0.1) is 0 Å². The largest absolute Gasteiger partial charge is 0.507 e. The molecule has 6 rings (SSSR count). The Bertz CT molecular complexity index is 2120. The number of carbonyl (C=O) groups excluding carboxylic acids is 4. The first-order valence-electron chi connectivity index (χ1n) is 18.5. The van der Waals surface area contributed by atoms with E-state index in [1.54, 1.807) is 58.6 Å². The lowest BCUT2D eigenvalue weighted by Gasteiger charge is -2.35. The van der Waals surface area contributed by atoms with Gasteiger partial charge >= 0.3 is 0 Å². The molecule has 2 aliphatic rings. The summed E-state index contributed by atoms with van der Waals surface area (Å²) in [5, 5.41) is 54.4. The predicted molar refractivity (Wildman–Crippen MR) is 209 cm³/mol. The lowest BCUT2D eigenvalue weighted by Crippen LogP contribution is -2.51. The average molecular weight is 809 g/mol. The number of aliphatic hydroxyl groups is 1. The van der Waals surface area contributed by atoms with Crippen LogP contribution in [-0.4, -0.2) is 129 Å². The quantitative estimate of drug-likeness (QED) is 0.150. The maximum absolute atomic E-state index is 13.2. The number of aryl methyl sites for hydroxylation is 2. The summed E-state index contributed by atoms with van der Waals surface area (Å²) in [6.07, 6.45) is 5.61. The number of carbonyl (C=O) groups is 4. The standard InChI is InChI=1S/C21H21N3O5.C14H17N3O3.C7H6O3/c22-8-2-5-18-16(4-3-9-23-18)21(27)24-10-11-28-13-15(24)14-29-20-7-1-6-19(26)17(20)12-25;15-5-1-4-13-12(3-2-6-16-13)14(19)17-7-8-20-10-11(17)9-18;8-4-5-6(9)2-1-3-7(5)10/h1,3-4,6-7,9,12,15,26H,2,5,10-11,13-14H2;2-3,6,11,18H,1,4,7-10H2;1-4,9-10H/t15-;11-;/m01./s1. The number of hydrogen-bond donors (Lipinski definition) is 4. The Hall–Kier alpha value is -6.92.